The van der Waals surface area contributed by atoms with E-state index in [1.54, 1.807) is 7.11 Å². The summed E-state index contributed by atoms with van der Waals surface area (Å²) < 4.78 is 10.7. The van der Waals surface area contributed by atoms with E-state index in [9.17, 15) is 4.79 Å². The molecule has 0 amide bonds. The standard InChI is InChI=1S/C16H32N2O3/c1-5-18(6-2)13-12-17-16(15(19)21-7-3)10-8-14(20-4)9-11-16/h14,17H,5-13H2,1-4H3. The Morgan fingerprint density at radius 1 is 1.24 bits per heavy atom. The number of hydrogen-bond acceptors (Lipinski definition) is 5. The Balaban J connectivity index is 2.59. The van der Waals surface area contributed by atoms with Crippen LogP contribution in [0, 0.1) is 0 Å². The third-order valence-electron chi connectivity index (χ3n) is 4.57. The van der Waals surface area contributed by atoms with Crippen LogP contribution in [0.4, 0.5) is 0 Å². The lowest BCUT2D eigenvalue weighted by molar-refractivity contribution is -0.154. The van der Waals surface area contributed by atoms with E-state index in [0.29, 0.717) is 6.61 Å². The fourth-order valence-electron chi connectivity index (χ4n) is 3.04. The second kappa shape index (κ2) is 9.38. The largest absolute Gasteiger partial charge is 0.465 e. The zero-order valence-corrected chi connectivity index (χ0v) is 14.1. The van der Waals surface area contributed by atoms with Crippen LogP contribution in [0.3, 0.4) is 0 Å². The number of esters is 1. The highest BCUT2D eigenvalue weighted by Crippen LogP contribution is 2.31. The topological polar surface area (TPSA) is 50.8 Å². The molecule has 0 heterocycles. The first-order valence-corrected chi connectivity index (χ1v) is 8.29. The zero-order valence-electron chi connectivity index (χ0n) is 14.1. The van der Waals surface area contributed by atoms with Crippen LogP contribution in [-0.2, 0) is 14.3 Å². The van der Waals surface area contributed by atoms with Crippen LogP contribution in [0.5, 0.6) is 0 Å². The van der Waals surface area contributed by atoms with Gasteiger partial charge in [0.05, 0.1) is 12.7 Å². The van der Waals surface area contributed by atoms with Crippen molar-refractivity contribution in [3.05, 3.63) is 0 Å². The van der Waals surface area contributed by atoms with Gasteiger partial charge in [-0.3, -0.25) is 4.79 Å². The summed E-state index contributed by atoms with van der Waals surface area (Å²) in [5.74, 6) is -0.0981. The third kappa shape index (κ3) is 5.24. The number of nitrogens with zero attached hydrogens (tertiary/aromatic N) is 1. The van der Waals surface area contributed by atoms with Gasteiger partial charge in [-0.05, 0) is 45.7 Å². The molecule has 1 aliphatic rings. The van der Waals surface area contributed by atoms with Crippen LogP contribution in [0.25, 0.3) is 0 Å². The van der Waals surface area contributed by atoms with Crippen LogP contribution >= 0.6 is 0 Å². The molecule has 0 unspecified atom stereocenters. The molecule has 0 aliphatic heterocycles. The molecule has 5 heteroatoms. The van der Waals surface area contributed by atoms with Crippen molar-refractivity contribution in [1.29, 1.82) is 0 Å². The Bertz CT molecular complexity index is 298. The monoisotopic (exact) mass is 300 g/mol. The molecule has 1 N–H and O–H groups in total. The van der Waals surface area contributed by atoms with Crippen LogP contribution in [0.1, 0.15) is 46.5 Å². The van der Waals surface area contributed by atoms with Gasteiger partial charge in [0, 0.05) is 20.2 Å². The molecular formula is C16H32N2O3. The van der Waals surface area contributed by atoms with Gasteiger partial charge < -0.3 is 19.7 Å². The number of nitrogens with one attached hydrogen (secondary N) is 1. The minimum atomic E-state index is -0.516. The van der Waals surface area contributed by atoms with E-state index in [2.05, 4.69) is 24.1 Å². The molecule has 0 radical (unpaired) electrons. The van der Waals surface area contributed by atoms with Crippen LogP contribution < -0.4 is 5.32 Å². The van der Waals surface area contributed by atoms with Crippen molar-refractivity contribution in [1.82, 2.24) is 10.2 Å². The zero-order chi connectivity index (χ0) is 15.7. The average Bonchev–Trinajstić information content (AvgIpc) is 2.52. The van der Waals surface area contributed by atoms with Crippen LogP contribution in [0.2, 0.25) is 0 Å². The molecule has 1 aliphatic carbocycles. The predicted octanol–water partition coefficient (Wildman–Crippen LogP) is 1.81. The van der Waals surface area contributed by atoms with Crippen molar-refractivity contribution in [2.24, 2.45) is 0 Å². The van der Waals surface area contributed by atoms with Crippen molar-refractivity contribution in [3.8, 4) is 0 Å². The summed E-state index contributed by atoms with van der Waals surface area (Å²) in [7, 11) is 1.75. The molecule has 1 rings (SSSR count). The third-order valence-corrected chi connectivity index (χ3v) is 4.57. The molecule has 5 nitrogen and oxygen atoms in total. The molecular weight excluding hydrogens is 268 g/mol. The maximum atomic E-state index is 12.4. The van der Waals surface area contributed by atoms with E-state index in [1.165, 1.54) is 0 Å². The van der Waals surface area contributed by atoms with Gasteiger partial charge >= 0.3 is 5.97 Å². The first-order valence-electron chi connectivity index (χ1n) is 8.29. The van der Waals surface area contributed by atoms with Crippen molar-refractivity contribution in [2.75, 3.05) is 39.9 Å². The smallest absolute Gasteiger partial charge is 0.326 e. The second-order valence-electron chi connectivity index (χ2n) is 5.69. The Labute approximate surface area is 129 Å². The fourth-order valence-corrected chi connectivity index (χ4v) is 3.04. The number of carbonyl (C=O) groups is 1. The highest BCUT2D eigenvalue weighted by molar-refractivity contribution is 5.81. The van der Waals surface area contributed by atoms with E-state index in [4.69, 9.17) is 9.47 Å². The van der Waals surface area contributed by atoms with Crippen molar-refractivity contribution in [2.45, 2.75) is 58.1 Å². The van der Waals surface area contributed by atoms with Gasteiger partial charge in [0.15, 0.2) is 0 Å². The van der Waals surface area contributed by atoms with Crippen LogP contribution in [-0.4, -0.2) is 62.4 Å². The highest BCUT2D eigenvalue weighted by Gasteiger charge is 2.42. The Kier molecular flexibility index (Phi) is 8.22. The lowest BCUT2D eigenvalue weighted by atomic mass is 9.80. The molecule has 21 heavy (non-hydrogen) atoms. The van der Waals surface area contributed by atoms with Gasteiger partial charge in [0.25, 0.3) is 0 Å². The van der Waals surface area contributed by atoms with Gasteiger partial charge in [-0.25, -0.2) is 0 Å². The molecule has 0 spiro atoms. The normalized spacial score (nSPS) is 26.0. The Morgan fingerprint density at radius 3 is 2.33 bits per heavy atom. The van der Waals surface area contributed by atoms with E-state index >= 15 is 0 Å². The number of carbonyl (C=O) groups excluding carboxylic acids is 1. The first-order chi connectivity index (χ1) is 10.1. The molecule has 0 saturated heterocycles. The average molecular weight is 300 g/mol. The number of ether oxygens (including phenoxy) is 2. The van der Waals surface area contributed by atoms with Gasteiger partial charge in [0.2, 0.25) is 0 Å². The quantitative estimate of drug-likeness (QED) is 0.658. The van der Waals surface area contributed by atoms with Crippen molar-refractivity contribution in [3.63, 3.8) is 0 Å². The molecule has 0 aromatic rings. The summed E-state index contributed by atoms with van der Waals surface area (Å²) in [5.41, 5.74) is -0.516. The number of likely N-dealkylation sites (N-methyl/N-ethyl adjacent to an activating group) is 1. The maximum Gasteiger partial charge on any atom is 0.326 e. The highest BCUT2D eigenvalue weighted by atomic mass is 16.5. The number of methoxy groups -OCH3 is 1. The molecule has 0 bridgehead atoms. The molecule has 0 aromatic carbocycles. The minimum absolute atomic E-state index is 0.0981. The molecule has 1 fully saturated rings. The number of rotatable bonds is 9. The van der Waals surface area contributed by atoms with E-state index in [1.807, 2.05) is 6.92 Å². The van der Waals surface area contributed by atoms with Gasteiger partial charge in [-0.2, -0.15) is 0 Å². The fraction of sp³-hybridized carbons (Fsp3) is 0.938. The predicted molar refractivity (Wildman–Crippen MR) is 84.4 cm³/mol. The molecule has 124 valence electrons. The lowest BCUT2D eigenvalue weighted by Gasteiger charge is -2.38. The molecule has 0 aromatic heterocycles. The summed E-state index contributed by atoms with van der Waals surface area (Å²) in [5, 5.41) is 3.49. The Hall–Kier alpha value is -0.650. The summed E-state index contributed by atoms with van der Waals surface area (Å²) in [4.78, 5) is 14.7. The summed E-state index contributed by atoms with van der Waals surface area (Å²) >= 11 is 0. The SMILES string of the molecule is CCOC(=O)C1(NCCN(CC)CC)CCC(OC)CC1. The summed E-state index contributed by atoms with van der Waals surface area (Å²) in [6, 6.07) is 0. The molecule has 0 atom stereocenters. The van der Waals surface area contributed by atoms with Crippen molar-refractivity contribution >= 4 is 5.97 Å². The second-order valence-corrected chi connectivity index (χ2v) is 5.69. The van der Waals surface area contributed by atoms with Gasteiger partial charge in [0.1, 0.15) is 5.54 Å². The van der Waals surface area contributed by atoms with E-state index in [0.717, 1.165) is 51.9 Å². The number of hydrogen-bond donors (Lipinski definition) is 1. The van der Waals surface area contributed by atoms with E-state index < -0.39 is 5.54 Å². The van der Waals surface area contributed by atoms with Crippen LogP contribution in [0.15, 0.2) is 0 Å². The maximum absolute atomic E-state index is 12.4. The summed E-state index contributed by atoms with van der Waals surface area (Å²) in [6.45, 7) is 10.5. The molecule has 1 saturated carbocycles. The van der Waals surface area contributed by atoms with E-state index in [-0.39, 0.29) is 12.1 Å². The van der Waals surface area contributed by atoms with Gasteiger partial charge in [-0.15, -0.1) is 0 Å². The first kappa shape index (κ1) is 18.4. The Morgan fingerprint density at radius 2 is 1.86 bits per heavy atom. The van der Waals surface area contributed by atoms with Crippen molar-refractivity contribution < 1.29 is 14.3 Å². The summed E-state index contributed by atoms with van der Waals surface area (Å²) in [6.07, 6.45) is 3.68. The lowest BCUT2D eigenvalue weighted by Crippen LogP contribution is -2.57. The van der Waals surface area contributed by atoms with Gasteiger partial charge in [-0.1, -0.05) is 13.8 Å². The minimum Gasteiger partial charge on any atom is -0.465 e.